The van der Waals surface area contributed by atoms with Gasteiger partial charge in [-0.25, -0.2) is 0 Å². The van der Waals surface area contributed by atoms with Crippen LogP contribution in [-0.2, 0) is 0 Å². The standard InChI is InChI=1S/C14H24N2O2/c1-11(7-13(3)17)9-15-5-6-16-10-12(2)8-14(4)18/h7-12,17-18H,5-6H2,1-4H3/b13-7-,14-8-,15-9?,16-10?. The molecule has 0 heterocycles. The number of aliphatic hydroxyl groups excluding tert-OH is 2. The van der Waals surface area contributed by atoms with Gasteiger partial charge < -0.3 is 10.2 Å². The molecule has 0 aromatic rings. The van der Waals surface area contributed by atoms with Crippen molar-refractivity contribution < 1.29 is 10.2 Å². The summed E-state index contributed by atoms with van der Waals surface area (Å²) >= 11 is 0. The molecule has 102 valence electrons. The van der Waals surface area contributed by atoms with Gasteiger partial charge in [0.15, 0.2) is 0 Å². The smallest absolute Gasteiger partial charge is 0.0858 e. The molecule has 2 unspecified atom stereocenters. The van der Waals surface area contributed by atoms with Crippen LogP contribution in [0.5, 0.6) is 0 Å². The van der Waals surface area contributed by atoms with Gasteiger partial charge in [0.05, 0.1) is 24.6 Å². The summed E-state index contributed by atoms with van der Waals surface area (Å²) in [4.78, 5) is 8.45. The van der Waals surface area contributed by atoms with Gasteiger partial charge in [0, 0.05) is 24.3 Å². The molecular weight excluding hydrogens is 228 g/mol. The molecule has 0 bridgehead atoms. The third kappa shape index (κ3) is 10.9. The van der Waals surface area contributed by atoms with Crippen LogP contribution in [0.1, 0.15) is 27.7 Å². The zero-order valence-corrected chi connectivity index (χ0v) is 11.7. The average molecular weight is 252 g/mol. The van der Waals surface area contributed by atoms with Gasteiger partial charge in [-0.05, 0) is 26.0 Å². The van der Waals surface area contributed by atoms with Crippen molar-refractivity contribution in [3.05, 3.63) is 23.7 Å². The van der Waals surface area contributed by atoms with E-state index in [0.717, 1.165) is 0 Å². The Morgan fingerprint density at radius 1 is 0.889 bits per heavy atom. The Morgan fingerprint density at radius 2 is 1.22 bits per heavy atom. The highest BCUT2D eigenvalue weighted by Gasteiger charge is 1.93. The van der Waals surface area contributed by atoms with Crippen LogP contribution in [0.15, 0.2) is 33.7 Å². The Labute approximate surface area is 109 Å². The lowest BCUT2D eigenvalue weighted by Crippen LogP contribution is -1.97. The van der Waals surface area contributed by atoms with Crippen molar-refractivity contribution in [2.75, 3.05) is 13.1 Å². The zero-order valence-electron chi connectivity index (χ0n) is 11.7. The van der Waals surface area contributed by atoms with E-state index in [1.54, 1.807) is 38.4 Å². The molecule has 0 spiro atoms. The largest absolute Gasteiger partial charge is 0.513 e. The molecule has 0 aliphatic heterocycles. The Bertz CT molecular complexity index is 302. The number of aliphatic imine (C=N–C) groups is 2. The summed E-state index contributed by atoms with van der Waals surface area (Å²) in [5, 5.41) is 18.1. The van der Waals surface area contributed by atoms with Gasteiger partial charge in [-0.2, -0.15) is 0 Å². The number of allylic oxidation sites excluding steroid dienone is 4. The van der Waals surface area contributed by atoms with Crippen LogP contribution in [0.2, 0.25) is 0 Å². The minimum absolute atomic E-state index is 0.137. The van der Waals surface area contributed by atoms with Crippen LogP contribution >= 0.6 is 0 Å². The third-order valence-corrected chi connectivity index (χ3v) is 2.05. The van der Waals surface area contributed by atoms with E-state index in [2.05, 4.69) is 9.98 Å². The van der Waals surface area contributed by atoms with Crippen molar-refractivity contribution >= 4 is 12.4 Å². The predicted octanol–water partition coefficient (Wildman–Crippen LogP) is 3.32. The Morgan fingerprint density at radius 3 is 1.50 bits per heavy atom. The van der Waals surface area contributed by atoms with E-state index in [9.17, 15) is 0 Å². The van der Waals surface area contributed by atoms with Crippen LogP contribution in [0.3, 0.4) is 0 Å². The predicted molar refractivity (Wildman–Crippen MR) is 77.8 cm³/mol. The minimum Gasteiger partial charge on any atom is -0.513 e. The lowest BCUT2D eigenvalue weighted by molar-refractivity contribution is 0.409. The topological polar surface area (TPSA) is 65.2 Å². The van der Waals surface area contributed by atoms with Gasteiger partial charge >= 0.3 is 0 Å². The summed E-state index contributed by atoms with van der Waals surface area (Å²) in [7, 11) is 0. The Kier molecular flexibility index (Phi) is 8.62. The molecule has 0 aliphatic rings. The van der Waals surface area contributed by atoms with Crippen molar-refractivity contribution in [3.8, 4) is 0 Å². The van der Waals surface area contributed by atoms with Crippen molar-refractivity contribution in [1.82, 2.24) is 0 Å². The van der Waals surface area contributed by atoms with Gasteiger partial charge in [0.2, 0.25) is 0 Å². The van der Waals surface area contributed by atoms with Crippen LogP contribution < -0.4 is 0 Å². The van der Waals surface area contributed by atoms with Gasteiger partial charge in [-0.1, -0.05) is 13.8 Å². The molecule has 0 aliphatic carbocycles. The SMILES string of the molecule is C/C(O)=C/C(C)C=NCCN=CC(C)/C=C(/C)O. The number of rotatable bonds is 7. The highest BCUT2D eigenvalue weighted by atomic mass is 16.3. The fraction of sp³-hybridized carbons (Fsp3) is 0.571. The summed E-state index contributed by atoms with van der Waals surface area (Å²) in [6.07, 6.45) is 7.08. The Balaban J connectivity index is 3.86. The number of aliphatic hydroxyl groups is 2. The molecular formula is C14H24N2O2. The summed E-state index contributed by atoms with van der Waals surface area (Å²) in [6, 6.07) is 0. The second kappa shape index (κ2) is 9.45. The summed E-state index contributed by atoms with van der Waals surface area (Å²) in [5.74, 6) is 0.898. The molecule has 0 radical (unpaired) electrons. The van der Waals surface area contributed by atoms with Crippen molar-refractivity contribution in [1.29, 1.82) is 0 Å². The van der Waals surface area contributed by atoms with E-state index in [1.165, 1.54) is 0 Å². The summed E-state index contributed by atoms with van der Waals surface area (Å²) in [6.45, 7) is 8.48. The van der Waals surface area contributed by atoms with E-state index < -0.39 is 0 Å². The van der Waals surface area contributed by atoms with E-state index >= 15 is 0 Å². The number of nitrogens with zero attached hydrogens (tertiary/aromatic N) is 2. The van der Waals surface area contributed by atoms with Gasteiger partial charge in [-0.3, -0.25) is 9.98 Å². The lowest BCUT2D eigenvalue weighted by atomic mass is 10.2. The first-order chi connectivity index (χ1) is 8.41. The fourth-order valence-electron chi connectivity index (χ4n) is 1.44. The normalized spacial score (nSPS) is 17.6. The molecule has 0 rings (SSSR count). The molecule has 2 N–H and O–H groups in total. The highest BCUT2D eigenvalue weighted by Crippen LogP contribution is 1.98. The molecule has 0 aromatic heterocycles. The second-order valence-electron chi connectivity index (χ2n) is 4.44. The van der Waals surface area contributed by atoms with Gasteiger partial charge in [0.1, 0.15) is 0 Å². The lowest BCUT2D eigenvalue weighted by Gasteiger charge is -1.99. The van der Waals surface area contributed by atoms with Gasteiger partial charge in [-0.15, -0.1) is 0 Å². The first-order valence-corrected chi connectivity index (χ1v) is 6.16. The number of hydrogen-bond donors (Lipinski definition) is 2. The molecule has 4 heteroatoms. The second-order valence-corrected chi connectivity index (χ2v) is 4.44. The molecule has 0 amide bonds. The fourth-order valence-corrected chi connectivity index (χ4v) is 1.44. The monoisotopic (exact) mass is 252 g/mol. The maximum Gasteiger partial charge on any atom is 0.0858 e. The quantitative estimate of drug-likeness (QED) is 0.414. The molecule has 0 fully saturated rings. The maximum atomic E-state index is 9.05. The zero-order chi connectivity index (χ0) is 14.0. The average Bonchev–Trinajstić information content (AvgIpc) is 2.20. The van der Waals surface area contributed by atoms with Crippen LogP contribution in [0.25, 0.3) is 0 Å². The van der Waals surface area contributed by atoms with E-state index in [4.69, 9.17) is 10.2 Å². The molecule has 0 saturated carbocycles. The summed E-state index contributed by atoms with van der Waals surface area (Å²) < 4.78 is 0. The van der Waals surface area contributed by atoms with Crippen molar-refractivity contribution in [2.45, 2.75) is 27.7 Å². The molecule has 2 atom stereocenters. The number of hydrogen-bond acceptors (Lipinski definition) is 4. The minimum atomic E-state index is 0.137. The molecule has 0 saturated heterocycles. The highest BCUT2D eigenvalue weighted by molar-refractivity contribution is 5.63. The van der Waals surface area contributed by atoms with Crippen molar-refractivity contribution in [2.24, 2.45) is 21.8 Å². The van der Waals surface area contributed by atoms with Crippen LogP contribution in [-0.4, -0.2) is 35.7 Å². The molecule has 0 aromatic carbocycles. The van der Waals surface area contributed by atoms with E-state index in [0.29, 0.717) is 24.6 Å². The van der Waals surface area contributed by atoms with E-state index in [1.807, 2.05) is 13.8 Å². The summed E-state index contributed by atoms with van der Waals surface area (Å²) in [5.41, 5.74) is 0. The van der Waals surface area contributed by atoms with Gasteiger partial charge in [0.25, 0.3) is 0 Å². The van der Waals surface area contributed by atoms with Crippen LogP contribution in [0, 0.1) is 11.8 Å². The Hall–Kier alpha value is -1.58. The molecule has 18 heavy (non-hydrogen) atoms. The van der Waals surface area contributed by atoms with E-state index in [-0.39, 0.29) is 11.8 Å². The first-order valence-electron chi connectivity index (χ1n) is 6.16. The third-order valence-electron chi connectivity index (χ3n) is 2.05. The first kappa shape index (κ1) is 16.4. The molecule has 4 nitrogen and oxygen atoms in total. The van der Waals surface area contributed by atoms with Crippen molar-refractivity contribution in [3.63, 3.8) is 0 Å². The maximum absolute atomic E-state index is 9.05. The van der Waals surface area contributed by atoms with Crippen LogP contribution in [0.4, 0.5) is 0 Å².